The third-order valence-electron chi connectivity index (χ3n) is 4.51. The van der Waals surface area contributed by atoms with Crippen LogP contribution in [0.5, 0.6) is 0 Å². The molecule has 0 bridgehead atoms. The average molecular weight is 400 g/mol. The van der Waals surface area contributed by atoms with Gasteiger partial charge in [-0.15, -0.1) is 10.2 Å². The highest BCUT2D eigenvalue weighted by Gasteiger charge is 2.29. The third-order valence-corrected chi connectivity index (χ3v) is 5.42. The SMILES string of the molecule is N[C@@H]1CN(c2nc3cc(F)ccc3n2Cc2nnc(C(F)F)s2)CCC1F. The van der Waals surface area contributed by atoms with Gasteiger partial charge in [0.05, 0.1) is 23.6 Å². The van der Waals surface area contributed by atoms with Gasteiger partial charge < -0.3 is 15.2 Å². The number of imidazole rings is 1. The van der Waals surface area contributed by atoms with Crippen molar-refractivity contribution in [3.05, 3.63) is 34.0 Å². The fourth-order valence-corrected chi connectivity index (χ4v) is 3.86. The first kappa shape index (κ1) is 18.1. The number of hydrogen-bond acceptors (Lipinski definition) is 6. The maximum atomic E-state index is 13.7. The number of anilines is 1. The van der Waals surface area contributed by atoms with E-state index in [1.54, 1.807) is 10.6 Å². The van der Waals surface area contributed by atoms with Crippen LogP contribution in [0.1, 0.15) is 22.9 Å². The molecular formula is C16H16F4N6S. The molecule has 1 aliphatic heterocycles. The lowest BCUT2D eigenvalue weighted by molar-refractivity contribution is 0.150. The van der Waals surface area contributed by atoms with Crippen molar-refractivity contribution in [1.82, 2.24) is 19.7 Å². The van der Waals surface area contributed by atoms with Gasteiger partial charge in [-0.1, -0.05) is 11.3 Å². The second-order valence-electron chi connectivity index (χ2n) is 6.38. The Balaban J connectivity index is 1.74. The number of benzene rings is 1. The molecule has 2 atom stereocenters. The Kier molecular flexibility index (Phi) is 4.72. The first-order chi connectivity index (χ1) is 12.9. The van der Waals surface area contributed by atoms with Crippen molar-refractivity contribution >= 4 is 28.3 Å². The topological polar surface area (TPSA) is 72.9 Å². The molecule has 11 heteroatoms. The molecule has 6 nitrogen and oxygen atoms in total. The molecule has 4 rings (SSSR count). The van der Waals surface area contributed by atoms with Crippen LogP contribution in [-0.2, 0) is 6.54 Å². The first-order valence-corrected chi connectivity index (χ1v) is 9.15. The summed E-state index contributed by atoms with van der Waals surface area (Å²) in [5.41, 5.74) is 6.88. The Morgan fingerprint density at radius 3 is 2.81 bits per heavy atom. The second-order valence-corrected chi connectivity index (χ2v) is 7.47. The van der Waals surface area contributed by atoms with Gasteiger partial charge in [0.25, 0.3) is 6.43 Å². The number of rotatable bonds is 4. The molecule has 27 heavy (non-hydrogen) atoms. The summed E-state index contributed by atoms with van der Waals surface area (Å²) in [6.07, 6.45) is -3.52. The van der Waals surface area contributed by atoms with Crippen molar-refractivity contribution in [2.75, 3.05) is 18.0 Å². The maximum Gasteiger partial charge on any atom is 0.291 e. The van der Waals surface area contributed by atoms with E-state index in [9.17, 15) is 17.6 Å². The van der Waals surface area contributed by atoms with Gasteiger partial charge in [0.1, 0.15) is 17.0 Å². The van der Waals surface area contributed by atoms with Crippen molar-refractivity contribution < 1.29 is 17.6 Å². The molecule has 0 spiro atoms. The van der Waals surface area contributed by atoms with Crippen LogP contribution in [-0.4, -0.2) is 45.1 Å². The number of halogens is 4. The van der Waals surface area contributed by atoms with Crippen LogP contribution in [0.15, 0.2) is 18.2 Å². The zero-order valence-corrected chi connectivity index (χ0v) is 14.8. The molecule has 1 aliphatic rings. The predicted molar refractivity (Wildman–Crippen MR) is 93.4 cm³/mol. The predicted octanol–water partition coefficient (Wildman–Crippen LogP) is 2.89. The largest absolute Gasteiger partial charge is 0.340 e. The molecule has 2 aromatic heterocycles. The summed E-state index contributed by atoms with van der Waals surface area (Å²) in [7, 11) is 0. The molecule has 1 saturated heterocycles. The van der Waals surface area contributed by atoms with Gasteiger partial charge in [0.15, 0.2) is 5.01 Å². The van der Waals surface area contributed by atoms with E-state index in [1.807, 2.05) is 4.90 Å². The van der Waals surface area contributed by atoms with Crippen molar-refractivity contribution in [3.8, 4) is 0 Å². The van der Waals surface area contributed by atoms with Crippen LogP contribution in [0.25, 0.3) is 11.0 Å². The van der Waals surface area contributed by atoms with Crippen LogP contribution in [0.4, 0.5) is 23.5 Å². The van der Waals surface area contributed by atoms with Gasteiger partial charge in [0, 0.05) is 19.2 Å². The van der Waals surface area contributed by atoms with Crippen LogP contribution in [0.3, 0.4) is 0 Å². The number of nitrogens with zero attached hydrogens (tertiary/aromatic N) is 5. The Morgan fingerprint density at radius 1 is 1.30 bits per heavy atom. The molecule has 0 saturated carbocycles. The van der Waals surface area contributed by atoms with Crippen molar-refractivity contribution in [1.29, 1.82) is 0 Å². The zero-order valence-electron chi connectivity index (χ0n) is 14.0. The molecule has 144 valence electrons. The van der Waals surface area contributed by atoms with Gasteiger partial charge in [-0.25, -0.2) is 22.5 Å². The monoisotopic (exact) mass is 400 g/mol. The van der Waals surface area contributed by atoms with E-state index >= 15 is 0 Å². The van der Waals surface area contributed by atoms with E-state index in [-0.39, 0.29) is 24.5 Å². The van der Waals surface area contributed by atoms with Gasteiger partial charge in [-0.3, -0.25) is 0 Å². The van der Waals surface area contributed by atoms with Crippen LogP contribution >= 0.6 is 11.3 Å². The summed E-state index contributed by atoms with van der Waals surface area (Å²) >= 11 is 0.809. The van der Waals surface area contributed by atoms with Crippen molar-refractivity contribution in [3.63, 3.8) is 0 Å². The van der Waals surface area contributed by atoms with E-state index in [0.717, 1.165) is 11.3 Å². The minimum absolute atomic E-state index is 0.145. The van der Waals surface area contributed by atoms with Gasteiger partial charge in [0.2, 0.25) is 5.95 Å². The molecule has 1 unspecified atom stereocenters. The lowest BCUT2D eigenvalue weighted by Crippen LogP contribution is -2.50. The van der Waals surface area contributed by atoms with Crippen molar-refractivity contribution in [2.24, 2.45) is 5.73 Å². The Labute approximate surface area is 155 Å². The van der Waals surface area contributed by atoms with E-state index in [1.165, 1.54) is 12.1 Å². The standard InChI is InChI=1S/C16H16F4N6S/c17-8-1-2-12-11(5-8)22-16(25-4-3-9(18)10(21)6-25)26(12)7-13-23-24-15(27-13)14(19)20/h1-2,5,9-10,14H,3-4,6-7,21H2/t9?,10-/m1/s1. The van der Waals surface area contributed by atoms with E-state index in [0.29, 0.717) is 28.5 Å². The second kappa shape index (κ2) is 7.04. The molecule has 0 amide bonds. The van der Waals surface area contributed by atoms with Gasteiger partial charge in [-0.05, 0) is 18.6 Å². The van der Waals surface area contributed by atoms with E-state index < -0.39 is 24.5 Å². The molecule has 1 aromatic carbocycles. The number of nitrogens with two attached hydrogens (primary N) is 1. The summed E-state index contributed by atoms with van der Waals surface area (Å²) in [4.78, 5) is 6.30. The highest BCUT2D eigenvalue weighted by molar-refractivity contribution is 7.11. The van der Waals surface area contributed by atoms with Crippen LogP contribution < -0.4 is 10.6 Å². The van der Waals surface area contributed by atoms with Crippen molar-refractivity contribution in [2.45, 2.75) is 31.6 Å². The van der Waals surface area contributed by atoms with Crippen LogP contribution in [0.2, 0.25) is 0 Å². The molecule has 3 aromatic rings. The Hall–Kier alpha value is -2.27. The number of alkyl halides is 3. The molecule has 1 fully saturated rings. The maximum absolute atomic E-state index is 13.7. The summed E-state index contributed by atoms with van der Waals surface area (Å²) in [6, 6.07) is 3.50. The number of hydrogen-bond donors (Lipinski definition) is 1. The molecule has 3 heterocycles. The molecule has 2 N–H and O–H groups in total. The zero-order chi connectivity index (χ0) is 19.1. The summed E-state index contributed by atoms with van der Waals surface area (Å²) in [6.45, 7) is 0.803. The molecular weight excluding hydrogens is 384 g/mol. The Morgan fingerprint density at radius 2 is 2.11 bits per heavy atom. The highest BCUT2D eigenvalue weighted by atomic mass is 32.1. The van der Waals surface area contributed by atoms with Gasteiger partial charge >= 0.3 is 0 Å². The summed E-state index contributed by atoms with van der Waals surface area (Å²) in [5, 5.41) is 7.32. The highest BCUT2D eigenvalue weighted by Crippen LogP contribution is 2.29. The normalized spacial score (nSPS) is 20.7. The fourth-order valence-electron chi connectivity index (χ4n) is 3.18. The summed E-state index contributed by atoms with van der Waals surface area (Å²) < 4.78 is 54.7. The number of piperidine rings is 1. The molecule has 0 aliphatic carbocycles. The molecule has 0 radical (unpaired) electrons. The minimum Gasteiger partial charge on any atom is -0.340 e. The lowest BCUT2D eigenvalue weighted by Gasteiger charge is -2.34. The van der Waals surface area contributed by atoms with E-state index in [4.69, 9.17) is 5.73 Å². The third kappa shape index (κ3) is 3.48. The average Bonchev–Trinajstić information content (AvgIpc) is 3.23. The minimum atomic E-state index is -2.69. The smallest absolute Gasteiger partial charge is 0.291 e. The van der Waals surface area contributed by atoms with Gasteiger partial charge in [-0.2, -0.15) is 0 Å². The summed E-state index contributed by atoms with van der Waals surface area (Å²) in [5.74, 6) is 0.0421. The fraction of sp³-hybridized carbons (Fsp3) is 0.438. The lowest BCUT2D eigenvalue weighted by atomic mass is 10.1. The van der Waals surface area contributed by atoms with Crippen LogP contribution in [0, 0.1) is 5.82 Å². The Bertz CT molecular complexity index is 958. The number of fused-ring (bicyclic) bond motifs is 1. The van der Waals surface area contributed by atoms with E-state index in [2.05, 4.69) is 15.2 Å². The quantitative estimate of drug-likeness (QED) is 0.682. The first-order valence-electron chi connectivity index (χ1n) is 8.33. The number of aromatic nitrogens is 4.